The molecule has 0 saturated carbocycles. The summed E-state index contributed by atoms with van der Waals surface area (Å²) in [5, 5.41) is 16.0. The predicted octanol–water partition coefficient (Wildman–Crippen LogP) is 4.24. The van der Waals surface area contributed by atoms with Crippen LogP contribution < -0.4 is 16.1 Å². The molecular formula is C20H20ClF3N6O. The van der Waals surface area contributed by atoms with Crippen molar-refractivity contribution in [3.05, 3.63) is 52.3 Å². The van der Waals surface area contributed by atoms with E-state index < -0.39 is 17.5 Å². The fourth-order valence-electron chi connectivity index (χ4n) is 3.52. The van der Waals surface area contributed by atoms with Gasteiger partial charge in [-0.25, -0.2) is 23.1 Å². The zero-order valence-corrected chi connectivity index (χ0v) is 17.0. The van der Waals surface area contributed by atoms with E-state index in [1.165, 1.54) is 12.1 Å². The fourth-order valence-corrected chi connectivity index (χ4v) is 3.70. The minimum atomic E-state index is -1.16. The second-order valence-corrected chi connectivity index (χ2v) is 7.65. The van der Waals surface area contributed by atoms with E-state index in [4.69, 9.17) is 11.6 Å². The van der Waals surface area contributed by atoms with E-state index in [1.54, 1.807) is 0 Å². The van der Waals surface area contributed by atoms with Gasteiger partial charge in [0.2, 0.25) is 5.95 Å². The number of aliphatic imine (C=N–C) groups is 1. The van der Waals surface area contributed by atoms with Crippen molar-refractivity contribution in [2.45, 2.75) is 25.3 Å². The van der Waals surface area contributed by atoms with Crippen LogP contribution in [0.15, 0.2) is 29.3 Å². The first-order valence-electron chi connectivity index (χ1n) is 9.75. The van der Waals surface area contributed by atoms with Crippen LogP contribution in [-0.4, -0.2) is 40.1 Å². The number of hydrogen-bond acceptors (Lipinski definition) is 5. The molecule has 0 spiro atoms. The molecule has 164 valence electrons. The summed E-state index contributed by atoms with van der Waals surface area (Å²) < 4.78 is 42.1. The molecule has 3 aromatic rings. The fraction of sp³-hybridized carbons (Fsp3) is 0.300. The van der Waals surface area contributed by atoms with E-state index in [9.17, 15) is 18.4 Å². The highest BCUT2D eigenvalue weighted by Crippen LogP contribution is 2.27. The number of halogens is 4. The Balaban J connectivity index is 1.75. The molecule has 31 heavy (non-hydrogen) atoms. The molecule has 0 radical (unpaired) electrons. The van der Waals surface area contributed by atoms with Crippen molar-refractivity contribution in [1.29, 1.82) is 0 Å². The van der Waals surface area contributed by atoms with Gasteiger partial charge in [-0.3, -0.25) is 10.7 Å². The summed E-state index contributed by atoms with van der Waals surface area (Å²) in [6.45, 7) is 1.65. The lowest BCUT2D eigenvalue weighted by Crippen LogP contribution is -2.31. The molecule has 1 fully saturated rings. The van der Waals surface area contributed by atoms with Gasteiger partial charge < -0.3 is 15.6 Å². The number of aromatic nitrogens is 2. The van der Waals surface area contributed by atoms with Crippen molar-refractivity contribution in [1.82, 2.24) is 20.8 Å². The molecule has 2 heterocycles. The molecule has 0 unspecified atom stereocenters. The van der Waals surface area contributed by atoms with E-state index in [1.807, 2.05) is 5.48 Å². The minimum Gasteiger partial charge on any atom is -0.352 e. The van der Waals surface area contributed by atoms with Gasteiger partial charge in [-0.2, -0.15) is 0 Å². The lowest BCUT2D eigenvalue weighted by molar-refractivity contribution is 0.235. The molecule has 0 bridgehead atoms. The third kappa shape index (κ3) is 4.60. The SMILES string of the molecule is ONC(=Nc1ccc(F)c(Cl)c1)c1cc(F)c(F)c2nc(N[C@H]3CCCCNC3)[nH]c12. The van der Waals surface area contributed by atoms with Crippen molar-refractivity contribution in [3.63, 3.8) is 0 Å². The van der Waals surface area contributed by atoms with Gasteiger partial charge in [0, 0.05) is 18.2 Å². The number of fused-ring (bicyclic) bond motifs is 1. The lowest BCUT2D eigenvalue weighted by Gasteiger charge is -2.15. The first kappa shape index (κ1) is 21.4. The molecule has 0 aliphatic carbocycles. The summed E-state index contributed by atoms with van der Waals surface area (Å²) in [4.78, 5) is 11.3. The second kappa shape index (κ2) is 9.13. The number of amidine groups is 1. The third-order valence-corrected chi connectivity index (χ3v) is 5.34. The number of H-pyrrole nitrogens is 1. The van der Waals surface area contributed by atoms with Crippen LogP contribution in [0.4, 0.5) is 24.8 Å². The van der Waals surface area contributed by atoms with E-state index in [0.29, 0.717) is 0 Å². The van der Waals surface area contributed by atoms with Crippen molar-refractivity contribution in [3.8, 4) is 0 Å². The van der Waals surface area contributed by atoms with Crippen LogP contribution >= 0.6 is 11.6 Å². The van der Waals surface area contributed by atoms with Crippen molar-refractivity contribution >= 4 is 40.1 Å². The first-order chi connectivity index (χ1) is 15.0. The summed E-state index contributed by atoms with van der Waals surface area (Å²) in [5.74, 6) is -2.83. The summed E-state index contributed by atoms with van der Waals surface area (Å²) in [7, 11) is 0. The first-order valence-corrected chi connectivity index (χ1v) is 10.1. The summed E-state index contributed by atoms with van der Waals surface area (Å²) in [6, 6.07) is 4.64. The number of rotatable bonds is 4. The van der Waals surface area contributed by atoms with Crippen LogP contribution in [0.3, 0.4) is 0 Å². The summed E-state index contributed by atoms with van der Waals surface area (Å²) in [6.07, 6.45) is 3.01. The molecule has 1 aliphatic heterocycles. The van der Waals surface area contributed by atoms with Gasteiger partial charge in [-0.05, 0) is 43.7 Å². The maximum Gasteiger partial charge on any atom is 0.201 e. The summed E-state index contributed by atoms with van der Waals surface area (Å²) in [5.41, 5.74) is 2.02. The Bertz CT molecular complexity index is 1130. The Morgan fingerprint density at radius 3 is 2.81 bits per heavy atom. The number of benzene rings is 2. The average molecular weight is 453 g/mol. The van der Waals surface area contributed by atoms with Crippen LogP contribution in [0.2, 0.25) is 5.02 Å². The molecule has 0 amide bonds. The third-order valence-electron chi connectivity index (χ3n) is 5.05. The van der Waals surface area contributed by atoms with E-state index in [-0.39, 0.29) is 45.1 Å². The number of imidazole rings is 1. The van der Waals surface area contributed by atoms with Crippen molar-refractivity contribution in [2.24, 2.45) is 4.99 Å². The number of hydrogen-bond donors (Lipinski definition) is 5. The topological polar surface area (TPSA) is 97.4 Å². The van der Waals surface area contributed by atoms with Crippen molar-refractivity contribution < 1.29 is 18.4 Å². The standard InChI is InChI=1S/C20H20ClF3N6O/c21-13-7-10(4-5-14(13)22)26-19(30-31)12-8-15(23)16(24)18-17(12)28-20(29-18)27-11-3-1-2-6-25-9-11/h4-5,7-8,11,25,31H,1-3,6,9H2,(H,26,30)(H2,27,28,29)/t11-/m0/s1. The molecule has 1 atom stereocenters. The molecular weight excluding hydrogens is 433 g/mol. The van der Waals surface area contributed by atoms with Crippen LogP contribution in [-0.2, 0) is 0 Å². The van der Waals surface area contributed by atoms with E-state index >= 15 is 0 Å². The van der Waals surface area contributed by atoms with Gasteiger partial charge in [0.15, 0.2) is 17.5 Å². The lowest BCUT2D eigenvalue weighted by atomic mass is 10.1. The average Bonchev–Trinajstić information content (AvgIpc) is 3.00. The Kier molecular flexibility index (Phi) is 6.30. The van der Waals surface area contributed by atoms with Gasteiger partial charge in [-0.15, -0.1) is 0 Å². The maximum atomic E-state index is 14.4. The van der Waals surface area contributed by atoms with E-state index in [0.717, 1.165) is 44.5 Å². The Labute approximate surface area is 180 Å². The van der Waals surface area contributed by atoms with Gasteiger partial charge in [0.25, 0.3) is 0 Å². The number of nitrogens with one attached hydrogen (secondary N) is 4. The number of aromatic amines is 1. The molecule has 2 aromatic carbocycles. The van der Waals surface area contributed by atoms with Gasteiger partial charge in [0.1, 0.15) is 11.3 Å². The highest BCUT2D eigenvalue weighted by Gasteiger charge is 2.21. The van der Waals surface area contributed by atoms with Gasteiger partial charge in [0.05, 0.1) is 16.2 Å². The minimum absolute atomic E-state index is 0.0383. The second-order valence-electron chi connectivity index (χ2n) is 7.24. The van der Waals surface area contributed by atoms with Gasteiger partial charge >= 0.3 is 0 Å². The molecule has 5 N–H and O–H groups in total. The molecule has 1 saturated heterocycles. The van der Waals surface area contributed by atoms with Gasteiger partial charge in [-0.1, -0.05) is 18.0 Å². The molecule has 11 heteroatoms. The maximum absolute atomic E-state index is 14.4. The normalized spacial score (nSPS) is 17.6. The zero-order valence-electron chi connectivity index (χ0n) is 16.3. The number of anilines is 1. The van der Waals surface area contributed by atoms with Crippen molar-refractivity contribution in [2.75, 3.05) is 18.4 Å². The zero-order chi connectivity index (χ0) is 22.0. The molecule has 1 aliphatic rings. The van der Waals surface area contributed by atoms with E-state index in [2.05, 4.69) is 25.6 Å². The number of nitrogens with zero attached hydrogens (tertiary/aromatic N) is 2. The molecule has 4 rings (SSSR count). The quantitative estimate of drug-likeness (QED) is 0.232. The highest BCUT2D eigenvalue weighted by atomic mass is 35.5. The molecule has 1 aromatic heterocycles. The molecule has 7 nitrogen and oxygen atoms in total. The monoisotopic (exact) mass is 452 g/mol. The highest BCUT2D eigenvalue weighted by molar-refractivity contribution is 6.31. The Morgan fingerprint density at radius 2 is 2.03 bits per heavy atom. The van der Waals surface area contributed by atoms with Crippen LogP contribution in [0, 0.1) is 17.5 Å². The largest absolute Gasteiger partial charge is 0.352 e. The smallest absolute Gasteiger partial charge is 0.201 e. The number of hydroxylamine groups is 1. The summed E-state index contributed by atoms with van der Waals surface area (Å²) >= 11 is 5.77. The Morgan fingerprint density at radius 1 is 1.19 bits per heavy atom. The van der Waals surface area contributed by atoms with Crippen LogP contribution in [0.1, 0.15) is 24.8 Å². The Hall–Kier alpha value is -2.82. The van der Waals surface area contributed by atoms with Crippen LogP contribution in [0.25, 0.3) is 11.0 Å². The predicted molar refractivity (Wildman–Crippen MR) is 113 cm³/mol. The van der Waals surface area contributed by atoms with Crippen LogP contribution in [0.5, 0.6) is 0 Å².